The molecule has 88 valence electrons. The summed E-state index contributed by atoms with van der Waals surface area (Å²) < 4.78 is 11.6. The predicted octanol–water partition coefficient (Wildman–Crippen LogP) is 2.23. The summed E-state index contributed by atoms with van der Waals surface area (Å²) in [7, 11) is 3.32. The normalized spacial score (nSPS) is 15.7. The molecule has 1 fully saturated rings. The molecule has 0 saturated carbocycles. The van der Waals surface area contributed by atoms with E-state index in [9.17, 15) is 0 Å². The molecule has 1 aromatic rings. The zero-order chi connectivity index (χ0) is 11.5. The highest BCUT2D eigenvalue weighted by Crippen LogP contribution is 2.34. The van der Waals surface area contributed by atoms with Crippen LogP contribution in [0.3, 0.4) is 0 Å². The summed E-state index contributed by atoms with van der Waals surface area (Å²) in [4.78, 5) is 0. The number of hydrogen-bond acceptors (Lipinski definition) is 3. The van der Waals surface area contributed by atoms with Gasteiger partial charge in [0.05, 0.1) is 14.2 Å². The standard InChI is InChI=1S/C12H16BrNO2/c1-15-11-4-9(3-8-6-14-7-8)10(13)5-12(11)16-2/h4-5,8,14H,3,6-7H2,1-2H3. The van der Waals surface area contributed by atoms with Crippen LogP contribution in [0, 0.1) is 5.92 Å². The molecule has 0 spiro atoms. The van der Waals surface area contributed by atoms with E-state index in [1.807, 2.05) is 6.07 Å². The fourth-order valence-electron chi connectivity index (χ4n) is 1.86. The fraction of sp³-hybridized carbons (Fsp3) is 0.500. The van der Waals surface area contributed by atoms with Gasteiger partial charge >= 0.3 is 0 Å². The lowest BCUT2D eigenvalue weighted by Gasteiger charge is -2.27. The Morgan fingerprint density at radius 1 is 1.25 bits per heavy atom. The second-order valence-corrected chi connectivity index (χ2v) is 4.88. The van der Waals surface area contributed by atoms with E-state index in [0.29, 0.717) is 0 Å². The van der Waals surface area contributed by atoms with Gasteiger partial charge in [-0.15, -0.1) is 0 Å². The van der Waals surface area contributed by atoms with E-state index in [-0.39, 0.29) is 0 Å². The lowest BCUT2D eigenvalue weighted by molar-refractivity contribution is 0.341. The Labute approximate surface area is 104 Å². The number of rotatable bonds is 4. The van der Waals surface area contributed by atoms with E-state index < -0.39 is 0 Å². The third-order valence-corrected chi connectivity index (χ3v) is 3.67. The van der Waals surface area contributed by atoms with Crippen molar-refractivity contribution in [2.24, 2.45) is 5.92 Å². The molecule has 0 aliphatic carbocycles. The largest absolute Gasteiger partial charge is 0.493 e. The molecule has 0 radical (unpaired) electrons. The van der Waals surface area contributed by atoms with Gasteiger partial charge < -0.3 is 14.8 Å². The van der Waals surface area contributed by atoms with Gasteiger partial charge in [0.2, 0.25) is 0 Å². The van der Waals surface area contributed by atoms with Crippen LogP contribution in [0.4, 0.5) is 0 Å². The molecule has 0 unspecified atom stereocenters. The van der Waals surface area contributed by atoms with Crippen molar-refractivity contribution in [1.82, 2.24) is 5.32 Å². The zero-order valence-electron chi connectivity index (χ0n) is 9.55. The summed E-state index contributed by atoms with van der Waals surface area (Å²) in [6.07, 6.45) is 1.08. The van der Waals surface area contributed by atoms with Gasteiger partial charge in [-0.1, -0.05) is 15.9 Å². The third-order valence-electron chi connectivity index (χ3n) is 2.93. The summed E-state index contributed by atoms with van der Waals surface area (Å²) in [5, 5.41) is 3.28. The molecule has 0 aromatic heterocycles. The van der Waals surface area contributed by atoms with Crippen LogP contribution in [0.1, 0.15) is 5.56 Å². The van der Waals surface area contributed by atoms with Crippen molar-refractivity contribution in [1.29, 1.82) is 0 Å². The molecule has 0 amide bonds. The Balaban J connectivity index is 2.22. The van der Waals surface area contributed by atoms with Gasteiger partial charge in [-0.05, 0) is 43.1 Å². The molecule has 2 rings (SSSR count). The Kier molecular flexibility index (Phi) is 3.71. The third kappa shape index (κ3) is 2.33. The van der Waals surface area contributed by atoms with Crippen LogP contribution in [0.2, 0.25) is 0 Å². The Bertz CT molecular complexity index is 378. The van der Waals surface area contributed by atoms with Crippen molar-refractivity contribution in [3.63, 3.8) is 0 Å². The van der Waals surface area contributed by atoms with E-state index in [0.717, 1.165) is 41.4 Å². The molecule has 1 saturated heterocycles. The van der Waals surface area contributed by atoms with Gasteiger partial charge in [-0.25, -0.2) is 0 Å². The van der Waals surface area contributed by atoms with Crippen molar-refractivity contribution in [3.05, 3.63) is 22.2 Å². The van der Waals surface area contributed by atoms with E-state index in [4.69, 9.17) is 9.47 Å². The second kappa shape index (κ2) is 5.06. The first kappa shape index (κ1) is 11.7. The Morgan fingerprint density at radius 3 is 2.38 bits per heavy atom. The molecule has 4 heteroatoms. The van der Waals surface area contributed by atoms with Crippen LogP contribution in [0.15, 0.2) is 16.6 Å². The van der Waals surface area contributed by atoms with E-state index in [1.165, 1.54) is 5.56 Å². The number of hydrogen-bond donors (Lipinski definition) is 1. The minimum atomic E-state index is 0.745. The average Bonchev–Trinajstić information content (AvgIpc) is 2.24. The molecular formula is C12H16BrNO2. The maximum absolute atomic E-state index is 5.30. The molecule has 1 N–H and O–H groups in total. The summed E-state index contributed by atoms with van der Waals surface area (Å²) in [6.45, 7) is 2.22. The van der Waals surface area contributed by atoms with Gasteiger partial charge in [-0.2, -0.15) is 0 Å². The topological polar surface area (TPSA) is 30.5 Å². The highest BCUT2D eigenvalue weighted by Gasteiger charge is 2.19. The molecule has 1 aliphatic rings. The van der Waals surface area contributed by atoms with E-state index in [2.05, 4.69) is 27.3 Å². The van der Waals surface area contributed by atoms with Crippen molar-refractivity contribution >= 4 is 15.9 Å². The molecule has 1 heterocycles. The van der Waals surface area contributed by atoms with Crippen LogP contribution >= 0.6 is 15.9 Å². The van der Waals surface area contributed by atoms with Crippen molar-refractivity contribution < 1.29 is 9.47 Å². The molecule has 1 aromatic carbocycles. The number of halogens is 1. The van der Waals surface area contributed by atoms with E-state index >= 15 is 0 Å². The van der Waals surface area contributed by atoms with Gasteiger partial charge in [-0.3, -0.25) is 0 Å². The van der Waals surface area contributed by atoms with Crippen LogP contribution in [-0.4, -0.2) is 27.3 Å². The zero-order valence-corrected chi connectivity index (χ0v) is 11.1. The van der Waals surface area contributed by atoms with Crippen molar-refractivity contribution in [3.8, 4) is 11.5 Å². The molecule has 0 atom stereocenters. The highest BCUT2D eigenvalue weighted by molar-refractivity contribution is 9.10. The SMILES string of the molecule is COc1cc(Br)c(CC2CNC2)cc1OC. The predicted molar refractivity (Wildman–Crippen MR) is 67.3 cm³/mol. The first-order valence-electron chi connectivity index (χ1n) is 5.35. The van der Waals surface area contributed by atoms with E-state index in [1.54, 1.807) is 14.2 Å². The summed E-state index contributed by atoms with van der Waals surface area (Å²) in [5.41, 5.74) is 1.28. The lowest BCUT2D eigenvalue weighted by atomic mass is 9.94. The smallest absolute Gasteiger partial charge is 0.161 e. The molecule has 0 bridgehead atoms. The molecule has 3 nitrogen and oxygen atoms in total. The summed E-state index contributed by atoms with van der Waals surface area (Å²) >= 11 is 3.58. The van der Waals surface area contributed by atoms with Gasteiger partial charge in [0.15, 0.2) is 11.5 Å². The Hall–Kier alpha value is -0.740. The molecular weight excluding hydrogens is 270 g/mol. The number of nitrogens with one attached hydrogen (secondary N) is 1. The van der Waals surface area contributed by atoms with Crippen molar-refractivity contribution in [2.75, 3.05) is 27.3 Å². The van der Waals surface area contributed by atoms with Crippen molar-refractivity contribution in [2.45, 2.75) is 6.42 Å². The van der Waals surface area contributed by atoms with Gasteiger partial charge in [0, 0.05) is 4.47 Å². The minimum Gasteiger partial charge on any atom is -0.493 e. The average molecular weight is 286 g/mol. The number of ether oxygens (including phenoxy) is 2. The fourth-order valence-corrected chi connectivity index (χ4v) is 2.34. The molecule has 16 heavy (non-hydrogen) atoms. The van der Waals surface area contributed by atoms with Crippen LogP contribution < -0.4 is 14.8 Å². The second-order valence-electron chi connectivity index (χ2n) is 4.03. The van der Waals surface area contributed by atoms with Gasteiger partial charge in [0.25, 0.3) is 0 Å². The monoisotopic (exact) mass is 285 g/mol. The quantitative estimate of drug-likeness (QED) is 0.920. The first-order chi connectivity index (χ1) is 7.74. The number of benzene rings is 1. The maximum Gasteiger partial charge on any atom is 0.161 e. The minimum absolute atomic E-state index is 0.745. The van der Waals surface area contributed by atoms with Crippen LogP contribution in [-0.2, 0) is 6.42 Å². The summed E-state index contributed by atoms with van der Waals surface area (Å²) in [5.74, 6) is 2.31. The first-order valence-corrected chi connectivity index (χ1v) is 6.15. The summed E-state index contributed by atoms with van der Waals surface area (Å²) in [6, 6.07) is 4.03. The lowest BCUT2D eigenvalue weighted by Crippen LogP contribution is -2.43. The Morgan fingerprint density at radius 2 is 1.88 bits per heavy atom. The maximum atomic E-state index is 5.30. The highest BCUT2D eigenvalue weighted by atomic mass is 79.9. The number of methoxy groups -OCH3 is 2. The van der Waals surface area contributed by atoms with Crippen LogP contribution in [0.25, 0.3) is 0 Å². The van der Waals surface area contributed by atoms with Crippen LogP contribution in [0.5, 0.6) is 11.5 Å². The van der Waals surface area contributed by atoms with Gasteiger partial charge in [0.1, 0.15) is 0 Å². The molecule has 1 aliphatic heterocycles.